The molecule has 1 heterocycles. The molecule has 1 aromatic carbocycles. The highest BCUT2D eigenvalue weighted by Crippen LogP contribution is 2.36. The topological polar surface area (TPSA) is 43.8 Å². The standard InChI is InChI=1S/C16H21Cl2N3/c1-16(2,3)14-8-13(21(4)20-14)10(9-19)15-11(17)6-5-7-12(15)18/h5-8,10H,9,19H2,1-4H3. The average Bonchev–Trinajstić information content (AvgIpc) is 2.76. The summed E-state index contributed by atoms with van der Waals surface area (Å²) in [5.41, 5.74) is 8.91. The summed E-state index contributed by atoms with van der Waals surface area (Å²) < 4.78 is 1.87. The fraction of sp³-hybridized carbons (Fsp3) is 0.438. The summed E-state index contributed by atoms with van der Waals surface area (Å²) in [6.45, 7) is 6.84. The summed E-state index contributed by atoms with van der Waals surface area (Å²) in [6.07, 6.45) is 0. The molecular formula is C16H21Cl2N3. The minimum atomic E-state index is -0.0696. The van der Waals surface area contributed by atoms with Crippen molar-refractivity contribution in [1.29, 1.82) is 0 Å². The van der Waals surface area contributed by atoms with E-state index in [0.29, 0.717) is 16.6 Å². The number of rotatable bonds is 3. The van der Waals surface area contributed by atoms with Crippen molar-refractivity contribution in [1.82, 2.24) is 9.78 Å². The van der Waals surface area contributed by atoms with E-state index in [0.717, 1.165) is 17.0 Å². The molecule has 1 atom stereocenters. The Balaban J connectivity index is 2.55. The number of nitrogens with two attached hydrogens (primary N) is 1. The van der Waals surface area contributed by atoms with Crippen LogP contribution in [0.2, 0.25) is 10.0 Å². The lowest BCUT2D eigenvalue weighted by molar-refractivity contribution is 0.550. The van der Waals surface area contributed by atoms with Gasteiger partial charge in [0.05, 0.1) is 5.69 Å². The Morgan fingerprint density at radius 2 is 1.81 bits per heavy atom. The molecule has 0 aliphatic rings. The second-order valence-electron chi connectivity index (χ2n) is 6.25. The molecule has 3 nitrogen and oxygen atoms in total. The predicted octanol–water partition coefficient (Wildman–Crippen LogP) is 4.12. The number of aromatic nitrogens is 2. The zero-order valence-corrected chi connectivity index (χ0v) is 14.3. The number of benzene rings is 1. The van der Waals surface area contributed by atoms with E-state index in [2.05, 4.69) is 31.9 Å². The lowest BCUT2D eigenvalue weighted by Crippen LogP contribution is -2.17. The van der Waals surface area contributed by atoms with Crippen molar-refractivity contribution in [2.24, 2.45) is 12.8 Å². The highest BCUT2D eigenvalue weighted by atomic mass is 35.5. The van der Waals surface area contributed by atoms with E-state index in [9.17, 15) is 0 Å². The van der Waals surface area contributed by atoms with Crippen LogP contribution in [0.25, 0.3) is 0 Å². The van der Waals surface area contributed by atoms with Gasteiger partial charge >= 0.3 is 0 Å². The van der Waals surface area contributed by atoms with Crippen LogP contribution >= 0.6 is 23.2 Å². The molecule has 0 fully saturated rings. The quantitative estimate of drug-likeness (QED) is 0.922. The molecule has 0 aliphatic heterocycles. The van der Waals surface area contributed by atoms with Gasteiger partial charge in [0.15, 0.2) is 0 Å². The van der Waals surface area contributed by atoms with Crippen molar-refractivity contribution in [3.8, 4) is 0 Å². The van der Waals surface area contributed by atoms with Crippen LogP contribution in [0.3, 0.4) is 0 Å². The first-order valence-corrected chi connectivity index (χ1v) is 7.69. The van der Waals surface area contributed by atoms with Crippen LogP contribution in [0, 0.1) is 0 Å². The van der Waals surface area contributed by atoms with Gasteiger partial charge in [0, 0.05) is 40.7 Å². The zero-order valence-electron chi connectivity index (χ0n) is 12.8. The van der Waals surface area contributed by atoms with Gasteiger partial charge in [-0.1, -0.05) is 50.0 Å². The third kappa shape index (κ3) is 3.25. The van der Waals surface area contributed by atoms with Crippen molar-refractivity contribution in [2.75, 3.05) is 6.54 Å². The van der Waals surface area contributed by atoms with Crippen molar-refractivity contribution >= 4 is 23.2 Å². The number of aryl methyl sites for hydroxylation is 1. The Morgan fingerprint density at radius 1 is 1.24 bits per heavy atom. The number of halogens is 2. The summed E-state index contributed by atoms with van der Waals surface area (Å²) in [5, 5.41) is 5.88. The first-order valence-electron chi connectivity index (χ1n) is 6.94. The smallest absolute Gasteiger partial charge is 0.0681 e. The van der Waals surface area contributed by atoms with Crippen molar-refractivity contribution in [3.05, 3.63) is 51.3 Å². The summed E-state index contributed by atoms with van der Waals surface area (Å²) in [5.74, 6) is -0.0696. The van der Waals surface area contributed by atoms with Gasteiger partial charge in [-0.05, 0) is 23.8 Å². The van der Waals surface area contributed by atoms with Gasteiger partial charge in [-0.25, -0.2) is 0 Å². The lowest BCUT2D eigenvalue weighted by atomic mass is 9.90. The molecule has 1 aromatic heterocycles. The molecule has 1 unspecified atom stereocenters. The molecule has 0 radical (unpaired) electrons. The largest absolute Gasteiger partial charge is 0.329 e. The molecular weight excluding hydrogens is 305 g/mol. The first-order chi connectivity index (χ1) is 9.75. The summed E-state index contributed by atoms with van der Waals surface area (Å²) in [7, 11) is 1.93. The fourth-order valence-electron chi connectivity index (χ4n) is 2.40. The first kappa shape index (κ1) is 16.3. The second-order valence-corrected chi connectivity index (χ2v) is 7.07. The minimum Gasteiger partial charge on any atom is -0.329 e. The highest BCUT2D eigenvalue weighted by molar-refractivity contribution is 6.36. The Kier molecular flexibility index (Phi) is 4.66. The Labute approximate surface area is 136 Å². The van der Waals surface area contributed by atoms with Gasteiger partial charge in [0.25, 0.3) is 0 Å². The molecule has 0 amide bonds. The molecule has 5 heteroatoms. The number of hydrogen-bond acceptors (Lipinski definition) is 2. The van der Waals surface area contributed by atoms with E-state index in [1.165, 1.54) is 0 Å². The maximum atomic E-state index is 6.33. The van der Waals surface area contributed by atoms with Gasteiger partial charge in [0.2, 0.25) is 0 Å². The SMILES string of the molecule is Cn1nc(C(C)(C)C)cc1C(CN)c1c(Cl)cccc1Cl. The maximum absolute atomic E-state index is 6.33. The number of hydrogen-bond donors (Lipinski definition) is 1. The molecule has 0 bridgehead atoms. The third-order valence-electron chi connectivity index (χ3n) is 3.63. The average molecular weight is 326 g/mol. The van der Waals surface area contributed by atoms with Crippen LogP contribution in [-0.4, -0.2) is 16.3 Å². The predicted molar refractivity (Wildman–Crippen MR) is 89.3 cm³/mol. The third-order valence-corrected chi connectivity index (χ3v) is 4.28. The van der Waals surface area contributed by atoms with E-state index in [4.69, 9.17) is 28.9 Å². The van der Waals surface area contributed by atoms with E-state index >= 15 is 0 Å². The molecule has 0 aliphatic carbocycles. The van der Waals surface area contributed by atoms with Crippen LogP contribution in [0.4, 0.5) is 0 Å². The molecule has 2 aromatic rings. The molecule has 2 rings (SSSR count). The fourth-order valence-corrected chi connectivity index (χ4v) is 3.07. The van der Waals surface area contributed by atoms with Crippen LogP contribution in [0.5, 0.6) is 0 Å². The maximum Gasteiger partial charge on any atom is 0.0681 e. The molecule has 21 heavy (non-hydrogen) atoms. The van der Waals surface area contributed by atoms with Crippen molar-refractivity contribution in [3.63, 3.8) is 0 Å². The van der Waals surface area contributed by atoms with E-state index in [1.807, 2.05) is 29.9 Å². The normalized spacial score (nSPS) is 13.5. The zero-order chi connectivity index (χ0) is 15.8. The molecule has 0 saturated carbocycles. The van der Waals surface area contributed by atoms with E-state index in [-0.39, 0.29) is 11.3 Å². The minimum absolute atomic E-state index is 0.0144. The van der Waals surface area contributed by atoms with Crippen molar-refractivity contribution in [2.45, 2.75) is 32.1 Å². The Hall–Kier alpha value is -1.03. The monoisotopic (exact) mass is 325 g/mol. The second kappa shape index (κ2) is 5.99. The number of nitrogens with zero attached hydrogens (tertiary/aromatic N) is 2. The molecule has 0 spiro atoms. The molecule has 2 N–H and O–H groups in total. The van der Waals surface area contributed by atoms with Crippen LogP contribution < -0.4 is 5.73 Å². The lowest BCUT2D eigenvalue weighted by Gasteiger charge is -2.18. The van der Waals surface area contributed by atoms with E-state index in [1.54, 1.807) is 0 Å². The Morgan fingerprint density at radius 3 is 2.24 bits per heavy atom. The summed E-state index contributed by atoms with van der Waals surface area (Å²) >= 11 is 12.7. The Bertz CT molecular complexity index is 621. The highest BCUT2D eigenvalue weighted by Gasteiger charge is 2.25. The molecule has 0 saturated heterocycles. The van der Waals surface area contributed by atoms with Gasteiger partial charge in [-0.15, -0.1) is 0 Å². The molecule has 114 valence electrons. The van der Waals surface area contributed by atoms with Gasteiger partial charge < -0.3 is 5.73 Å². The van der Waals surface area contributed by atoms with Gasteiger partial charge in [-0.3, -0.25) is 4.68 Å². The van der Waals surface area contributed by atoms with E-state index < -0.39 is 0 Å². The summed E-state index contributed by atoms with van der Waals surface area (Å²) in [4.78, 5) is 0. The van der Waals surface area contributed by atoms with Crippen LogP contribution in [-0.2, 0) is 12.5 Å². The van der Waals surface area contributed by atoms with Gasteiger partial charge in [0.1, 0.15) is 0 Å². The van der Waals surface area contributed by atoms with Gasteiger partial charge in [-0.2, -0.15) is 5.10 Å². The van der Waals surface area contributed by atoms with Crippen molar-refractivity contribution < 1.29 is 0 Å². The summed E-state index contributed by atoms with van der Waals surface area (Å²) in [6, 6.07) is 7.61. The van der Waals surface area contributed by atoms with Crippen LogP contribution in [0.1, 0.15) is 43.6 Å². The van der Waals surface area contributed by atoms with Crippen LogP contribution in [0.15, 0.2) is 24.3 Å².